The van der Waals surface area contributed by atoms with Gasteiger partial charge in [-0.05, 0) is 49.8 Å². The number of carbonyl (C=O) groups is 1. The summed E-state index contributed by atoms with van der Waals surface area (Å²) in [6, 6.07) is 3.43. The fourth-order valence-electron chi connectivity index (χ4n) is 2.00. The first-order chi connectivity index (χ1) is 12.4. The summed E-state index contributed by atoms with van der Waals surface area (Å²) in [5.41, 5.74) is 5.77. The molecular weight excluding hydrogens is 378 g/mol. The molecule has 1 amide bonds. The number of carbonyl (C=O) groups excluding carboxylic acids is 1. The van der Waals surface area contributed by atoms with Crippen molar-refractivity contribution < 1.29 is 19.0 Å². The molecule has 0 aromatic heterocycles. The topological polar surface area (TPSA) is 80.9 Å². The molecule has 0 fully saturated rings. The summed E-state index contributed by atoms with van der Waals surface area (Å²) in [7, 11) is 3.13. The van der Waals surface area contributed by atoms with Gasteiger partial charge in [0.05, 0.1) is 25.3 Å². The summed E-state index contributed by atoms with van der Waals surface area (Å²) in [6.45, 7) is 4.73. The number of hydrogen-bond donors (Lipinski definition) is 3. The molecule has 144 valence electrons. The first kappa shape index (κ1) is 22.0. The van der Waals surface area contributed by atoms with Crippen LogP contribution in [-0.2, 0) is 9.53 Å². The van der Waals surface area contributed by atoms with E-state index in [-0.39, 0.29) is 11.9 Å². The van der Waals surface area contributed by atoms with Crippen molar-refractivity contribution in [3.8, 4) is 11.5 Å². The van der Waals surface area contributed by atoms with Crippen LogP contribution in [0.1, 0.15) is 19.4 Å². The second-order valence-electron chi connectivity index (χ2n) is 5.24. The minimum absolute atomic E-state index is 0.0194. The largest absolute Gasteiger partial charge is 0.493 e. The number of ether oxygens (including phenoxy) is 3. The van der Waals surface area contributed by atoms with Crippen LogP contribution in [0, 0.1) is 0 Å². The molecule has 0 saturated carbocycles. The molecule has 26 heavy (non-hydrogen) atoms. The van der Waals surface area contributed by atoms with Crippen LogP contribution in [0.2, 0.25) is 5.02 Å². The average Bonchev–Trinajstić information content (AvgIpc) is 2.60. The van der Waals surface area contributed by atoms with Crippen LogP contribution in [0.3, 0.4) is 0 Å². The van der Waals surface area contributed by atoms with Gasteiger partial charge in [0.1, 0.15) is 0 Å². The Labute approximate surface area is 164 Å². The molecule has 0 heterocycles. The number of halogens is 1. The molecule has 0 spiro atoms. The van der Waals surface area contributed by atoms with Gasteiger partial charge in [-0.1, -0.05) is 11.6 Å². The summed E-state index contributed by atoms with van der Waals surface area (Å²) in [6.07, 6.45) is 2.95. The number of hydrazine groups is 1. The van der Waals surface area contributed by atoms with E-state index in [1.165, 1.54) is 13.2 Å². The van der Waals surface area contributed by atoms with Crippen LogP contribution in [0.5, 0.6) is 11.5 Å². The molecule has 9 heteroatoms. The molecule has 0 bridgehead atoms. The molecule has 1 rings (SSSR count). The van der Waals surface area contributed by atoms with Gasteiger partial charge in [0.2, 0.25) is 0 Å². The molecule has 0 aliphatic rings. The van der Waals surface area contributed by atoms with Crippen molar-refractivity contribution in [2.45, 2.75) is 19.9 Å². The fourth-order valence-corrected chi connectivity index (χ4v) is 2.53. The molecule has 0 aliphatic carbocycles. The zero-order valence-corrected chi connectivity index (χ0v) is 16.8. The molecule has 1 aromatic rings. The van der Waals surface area contributed by atoms with Crippen molar-refractivity contribution in [3.63, 3.8) is 0 Å². The van der Waals surface area contributed by atoms with Crippen LogP contribution in [-0.4, -0.2) is 44.5 Å². The number of hydrogen-bond acceptors (Lipinski definition) is 5. The van der Waals surface area contributed by atoms with E-state index in [2.05, 4.69) is 16.2 Å². The monoisotopic (exact) mass is 401 g/mol. The highest BCUT2D eigenvalue weighted by molar-refractivity contribution is 7.80. The number of amides is 1. The van der Waals surface area contributed by atoms with Crippen molar-refractivity contribution in [3.05, 3.63) is 28.8 Å². The van der Waals surface area contributed by atoms with Crippen molar-refractivity contribution in [1.82, 2.24) is 16.2 Å². The van der Waals surface area contributed by atoms with E-state index < -0.39 is 0 Å². The number of methoxy groups -OCH3 is 2. The van der Waals surface area contributed by atoms with Gasteiger partial charge in [-0.15, -0.1) is 0 Å². The van der Waals surface area contributed by atoms with E-state index >= 15 is 0 Å². The van der Waals surface area contributed by atoms with E-state index in [1.54, 1.807) is 25.3 Å². The Hall–Kier alpha value is -2.03. The summed E-state index contributed by atoms with van der Waals surface area (Å²) in [5.74, 6) is 0.592. The lowest BCUT2D eigenvalue weighted by molar-refractivity contribution is -0.116. The normalized spacial score (nSPS) is 11.7. The molecule has 0 aliphatic heterocycles. The Bertz CT molecular complexity index is 655. The molecule has 0 radical (unpaired) electrons. The van der Waals surface area contributed by atoms with Crippen LogP contribution < -0.4 is 25.6 Å². The molecule has 1 aromatic carbocycles. The van der Waals surface area contributed by atoms with Crippen molar-refractivity contribution in [1.29, 1.82) is 0 Å². The number of nitrogens with one attached hydrogen (secondary N) is 3. The van der Waals surface area contributed by atoms with E-state index in [4.69, 9.17) is 38.0 Å². The zero-order chi connectivity index (χ0) is 19.5. The van der Waals surface area contributed by atoms with E-state index in [0.717, 1.165) is 0 Å². The lowest BCUT2D eigenvalue weighted by atomic mass is 10.2. The van der Waals surface area contributed by atoms with Gasteiger partial charge < -0.3 is 19.5 Å². The van der Waals surface area contributed by atoms with Gasteiger partial charge in [0.15, 0.2) is 16.6 Å². The maximum absolute atomic E-state index is 11.9. The second kappa shape index (κ2) is 11.6. The first-order valence-corrected chi connectivity index (χ1v) is 8.73. The third-order valence-corrected chi connectivity index (χ3v) is 3.56. The highest BCUT2D eigenvalue weighted by Gasteiger charge is 2.11. The standard InChI is InChI=1S/C17H24ClN3O4S/c1-5-25-16-13(18)8-12(9-14(16)24-4)6-7-15(22)20-21-17(26)19-11(2)10-23-3/h6-9,11H,5,10H2,1-4H3,(H,20,22)(H2,19,21,26)/b7-6+/t11-/m0/s1. The van der Waals surface area contributed by atoms with Gasteiger partial charge in [-0.25, -0.2) is 0 Å². The lowest BCUT2D eigenvalue weighted by Crippen LogP contribution is -2.49. The van der Waals surface area contributed by atoms with E-state index in [1.807, 2.05) is 13.8 Å². The number of rotatable bonds is 8. The molecule has 0 saturated heterocycles. The summed E-state index contributed by atoms with van der Waals surface area (Å²) in [4.78, 5) is 11.9. The third kappa shape index (κ3) is 7.47. The molecule has 7 nitrogen and oxygen atoms in total. The SMILES string of the molecule is CCOc1c(Cl)cc(/C=C/C(=O)NNC(=S)N[C@@H](C)COC)cc1OC. The lowest BCUT2D eigenvalue weighted by Gasteiger charge is -2.15. The second-order valence-corrected chi connectivity index (χ2v) is 6.06. The minimum atomic E-state index is -0.377. The molecular formula is C17H24ClN3O4S. The summed E-state index contributed by atoms with van der Waals surface area (Å²) in [5, 5.41) is 3.66. The molecule has 0 unspecified atom stereocenters. The Kier molecular flexibility index (Phi) is 9.79. The first-order valence-electron chi connectivity index (χ1n) is 7.95. The van der Waals surface area contributed by atoms with Gasteiger partial charge in [-0.3, -0.25) is 15.6 Å². The highest BCUT2D eigenvalue weighted by atomic mass is 35.5. The van der Waals surface area contributed by atoms with Gasteiger partial charge in [0.25, 0.3) is 5.91 Å². The average molecular weight is 402 g/mol. The van der Waals surface area contributed by atoms with Crippen LogP contribution in [0.4, 0.5) is 0 Å². The molecule has 1 atom stereocenters. The van der Waals surface area contributed by atoms with Crippen molar-refractivity contribution in [2.75, 3.05) is 27.4 Å². The summed E-state index contributed by atoms with van der Waals surface area (Å²) >= 11 is 11.3. The van der Waals surface area contributed by atoms with Crippen molar-refractivity contribution in [2.24, 2.45) is 0 Å². The van der Waals surface area contributed by atoms with Crippen LogP contribution >= 0.6 is 23.8 Å². The van der Waals surface area contributed by atoms with Gasteiger partial charge >= 0.3 is 0 Å². The van der Waals surface area contributed by atoms with Gasteiger partial charge in [-0.2, -0.15) is 0 Å². The van der Waals surface area contributed by atoms with E-state index in [9.17, 15) is 4.79 Å². The number of benzene rings is 1. The summed E-state index contributed by atoms with van der Waals surface area (Å²) < 4.78 is 15.7. The predicted molar refractivity (Wildman–Crippen MR) is 107 cm³/mol. The zero-order valence-electron chi connectivity index (χ0n) is 15.2. The van der Waals surface area contributed by atoms with Crippen LogP contribution in [0.25, 0.3) is 6.08 Å². The maximum atomic E-state index is 11.9. The fraction of sp³-hybridized carbons (Fsp3) is 0.412. The maximum Gasteiger partial charge on any atom is 0.262 e. The molecule has 3 N–H and O–H groups in total. The third-order valence-electron chi connectivity index (χ3n) is 3.06. The Morgan fingerprint density at radius 3 is 2.69 bits per heavy atom. The van der Waals surface area contributed by atoms with E-state index in [0.29, 0.717) is 40.4 Å². The predicted octanol–water partition coefficient (Wildman–Crippen LogP) is 2.29. The minimum Gasteiger partial charge on any atom is -0.493 e. The quantitative estimate of drug-likeness (QED) is 0.350. The Morgan fingerprint density at radius 2 is 2.08 bits per heavy atom. The Balaban J connectivity index is 2.63. The Morgan fingerprint density at radius 1 is 1.35 bits per heavy atom. The number of thiocarbonyl (C=S) groups is 1. The highest BCUT2D eigenvalue weighted by Crippen LogP contribution is 2.36. The smallest absolute Gasteiger partial charge is 0.262 e. The van der Waals surface area contributed by atoms with Crippen molar-refractivity contribution >= 4 is 40.9 Å². The van der Waals surface area contributed by atoms with Crippen LogP contribution in [0.15, 0.2) is 18.2 Å². The van der Waals surface area contributed by atoms with Gasteiger partial charge in [0, 0.05) is 19.2 Å².